The third-order valence-corrected chi connectivity index (χ3v) is 5.61. The van der Waals surface area contributed by atoms with Crippen LogP contribution in [0.4, 0.5) is 14.5 Å². The SMILES string of the molecule is O=C1CCC(c2c(F)cc(N3CCN(C4CNC4)CC3)cc2F)C(=O)N1. The first-order valence-electron chi connectivity index (χ1n) is 9.05. The number of piperidine rings is 1. The number of halogens is 2. The normalized spacial score (nSPS) is 25.2. The molecule has 140 valence electrons. The van der Waals surface area contributed by atoms with Crippen LogP contribution in [0.1, 0.15) is 24.3 Å². The van der Waals surface area contributed by atoms with Crippen LogP contribution in [0.3, 0.4) is 0 Å². The molecule has 2 N–H and O–H groups in total. The van der Waals surface area contributed by atoms with Crippen molar-refractivity contribution in [2.45, 2.75) is 24.8 Å². The maximum Gasteiger partial charge on any atom is 0.234 e. The second kappa shape index (κ2) is 6.92. The number of hydrogen-bond donors (Lipinski definition) is 2. The monoisotopic (exact) mass is 364 g/mol. The molecule has 3 heterocycles. The molecule has 0 bridgehead atoms. The lowest BCUT2D eigenvalue weighted by atomic mass is 9.89. The van der Waals surface area contributed by atoms with E-state index in [9.17, 15) is 18.4 Å². The van der Waals surface area contributed by atoms with E-state index >= 15 is 0 Å². The lowest BCUT2D eigenvalue weighted by Crippen LogP contribution is -2.61. The fourth-order valence-electron chi connectivity index (χ4n) is 3.93. The highest BCUT2D eigenvalue weighted by molar-refractivity contribution is 6.01. The van der Waals surface area contributed by atoms with Gasteiger partial charge in [0.15, 0.2) is 0 Å². The average Bonchev–Trinajstić information content (AvgIpc) is 2.55. The number of nitrogens with one attached hydrogen (secondary N) is 2. The molecule has 8 heteroatoms. The molecule has 0 aliphatic carbocycles. The average molecular weight is 364 g/mol. The topological polar surface area (TPSA) is 64.7 Å². The molecule has 3 aliphatic rings. The van der Waals surface area contributed by atoms with Crippen LogP contribution in [0.2, 0.25) is 0 Å². The lowest BCUT2D eigenvalue weighted by molar-refractivity contribution is -0.134. The summed E-state index contributed by atoms with van der Waals surface area (Å²) in [5, 5.41) is 5.41. The molecule has 1 aromatic rings. The van der Waals surface area contributed by atoms with Crippen LogP contribution in [0.25, 0.3) is 0 Å². The van der Waals surface area contributed by atoms with E-state index in [0.29, 0.717) is 24.8 Å². The summed E-state index contributed by atoms with van der Waals surface area (Å²) >= 11 is 0. The Morgan fingerprint density at radius 2 is 1.65 bits per heavy atom. The van der Waals surface area contributed by atoms with E-state index in [-0.39, 0.29) is 18.4 Å². The number of imide groups is 1. The first kappa shape index (κ1) is 17.4. The number of piperazine rings is 1. The Bertz CT molecular complexity index is 707. The standard InChI is InChI=1S/C18H22F2N4O2/c19-14-7-11(23-3-5-24(6-4-23)12-9-21-10-12)8-15(20)17(14)13-1-2-16(25)22-18(13)26/h7-8,12-13,21H,1-6,9-10H2,(H,22,25,26). The Balaban J connectivity index is 1.49. The summed E-state index contributed by atoms with van der Waals surface area (Å²) in [6.07, 6.45) is 0.223. The van der Waals surface area contributed by atoms with E-state index < -0.39 is 29.4 Å². The zero-order chi connectivity index (χ0) is 18.3. The van der Waals surface area contributed by atoms with E-state index in [1.165, 1.54) is 12.1 Å². The predicted octanol–water partition coefficient (Wildman–Crippen LogP) is 0.579. The fraction of sp³-hybridized carbons (Fsp3) is 0.556. The lowest BCUT2D eigenvalue weighted by Gasteiger charge is -2.44. The fourth-order valence-corrected chi connectivity index (χ4v) is 3.93. The van der Waals surface area contributed by atoms with E-state index in [1.807, 2.05) is 4.90 Å². The number of carbonyl (C=O) groups is 2. The van der Waals surface area contributed by atoms with Crippen molar-refractivity contribution in [2.75, 3.05) is 44.2 Å². The number of benzene rings is 1. The Labute approximate surface area is 150 Å². The minimum absolute atomic E-state index is 0.0923. The van der Waals surface area contributed by atoms with E-state index in [1.54, 1.807) is 0 Å². The van der Waals surface area contributed by atoms with Gasteiger partial charge in [0, 0.05) is 63.0 Å². The molecule has 2 amide bonds. The molecule has 1 aromatic carbocycles. The summed E-state index contributed by atoms with van der Waals surface area (Å²) in [4.78, 5) is 27.6. The van der Waals surface area contributed by atoms with Gasteiger partial charge in [0.2, 0.25) is 11.8 Å². The van der Waals surface area contributed by atoms with Crippen LogP contribution in [0.5, 0.6) is 0 Å². The molecule has 0 saturated carbocycles. The number of amides is 2. The Hall–Kier alpha value is -2.06. The number of anilines is 1. The maximum atomic E-state index is 14.6. The van der Waals surface area contributed by atoms with Gasteiger partial charge in [-0.15, -0.1) is 0 Å². The van der Waals surface area contributed by atoms with Gasteiger partial charge in [-0.05, 0) is 18.6 Å². The third-order valence-electron chi connectivity index (χ3n) is 5.61. The van der Waals surface area contributed by atoms with Crippen molar-refractivity contribution in [3.05, 3.63) is 29.3 Å². The molecule has 4 rings (SSSR count). The Kier molecular flexibility index (Phi) is 4.62. The molecule has 3 aliphatic heterocycles. The van der Waals surface area contributed by atoms with Crippen LogP contribution in [0, 0.1) is 11.6 Å². The second-order valence-corrected chi connectivity index (χ2v) is 7.16. The van der Waals surface area contributed by atoms with Crippen molar-refractivity contribution in [1.29, 1.82) is 0 Å². The highest BCUT2D eigenvalue weighted by Gasteiger charge is 2.33. The van der Waals surface area contributed by atoms with E-state index in [0.717, 1.165) is 26.2 Å². The first-order chi connectivity index (χ1) is 12.5. The number of hydrogen-bond acceptors (Lipinski definition) is 5. The molecule has 1 atom stereocenters. The zero-order valence-corrected chi connectivity index (χ0v) is 14.4. The first-order valence-corrected chi connectivity index (χ1v) is 9.05. The molecular formula is C18H22F2N4O2. The van der Waals surface area contributed by atoms with Crippen molar-refractivity contribution < 1.29 is 18.4 Å². The summed E-state index contributed by atoms with van der Waals surface area (Å²) in [6, 6.07) is 3.19. The molecule has 6 nitrogen and oxygen atoms in total. The summed E-state index contributed by atoms with van der Waals surface area (Å²) < 4.78 is 29.3. The highest BCUT2D eigenvalue weighted by Crippen LogP contribution is 2.32. The maximum absolute atomic E-state index is 14.6. The summed E-state index contributed by atoms with van der Waals surface area (Å²) in [5.41, 5.74) is 0.264. The molecule has 3 saturated heterocycles. The van der Waals surface area contributed by atoms with Gasteiger partial charge in [-0.2, -0.15) is 0 Å². The molecule has 26 heavy (non-hydrogen) atoms. The summed E-state index contributed by atoms with van der Waals surface area (Å²) in [6.45, 7) is 5.17. The van der Waals surface area contributed by atoms with E-state index in [2.05, 4.69) is 15.5 Å². The van der Waals surface area contributed by atoms with Crippen LogP contribution in [-0.2, 0) is 9.59 Å². The van der Waals surface area contributed by atoms with Gasteiger partial charge >= 0.3 is 0 Å². The summed E-state index contributed by atoms with van der Waals surface area (Å²) in [5.74, 6) is -3.43. The zero-order valence-electron chi connectivity index (χ0n) is 14.4. The van der Waals surface area contributed by atoms with Crippen molar-refractivity contribution >= 4 is 17.5 Å². The van der Waals surface area contributed by atoms with Crippen LogP contribution in [-0.4, -0.2) is 62.0 Å². The largest absolute Gasteiger partial charge is 0.369 e. The van der Waals surface area contributed by atoms with E-state index in [4.69, 9.17) is 0 Å². The van der Waals surface area contributed by atoms with Gasteiger partial charge in [-0.25, -0.2) is 8.78 Å². The van der Waals surface area contributed by atoms with Crippen LogP contribution < -0.4 is 15.5 Å². The number of carbonyl (C=O) groups excluding carboxylic acids is 2. The molecular weight excluding hydrogens is 342 g/mol. The predicted molar refractivity (Wildman–Crippen MR) is 91.9 cm³/mol. The van der Waals surface area contributed by atoms with Gasteiger partial charge in [0.1, 0.15) is 11.6 Å². The quantitative estimate of drug-likeness (QED) is 0.769. The summed E-state index contributed by atoms with van der Waals surface area (Å²) in [7, 11) is 0. The van der Waals surface area contributed by atoms with Crippen molar-refractivity contribution in [1.82, 2.24) is 15.5 Å². The minimum Gasteiger partial charge on any atom is -0.369 e. The van der Waals surface area contributed by atoms with Gasteiger partial charge in [-0.3, -0.25) is 19.8 Å². The minimum atomic E-state index is -0.954. The molecule has 3 fully saturated rings. The van der Waals surface area contributed by atoms with Crippen LogP contribution in [0.15, 0.2) is 12.1 Å². The second-order valence-electron chi connectivity index (χ2n) is 7.16. The van der Waals surface area contributed by atoms with Gasteiger partial charge in [0.25, 0.3) is 0 Å². The van der Waals surface area contributed by atoms with Crippen molar-refractivity contribution in [3.8, 4) is 0 Å². The number of rotatable bonds is 3. The molecule has 0 aromatic heterocycles. The molecule has 1 unspecified atom stereocenters. The van der Waals surface area contributed by atoms with Crippen LogP contribution >= 0.6 is 0 Å². The van der Waals surface area contributed by atoms with Crippen molar-refractivity contribution in [2.24, 2.45) is 0 Å². The smallest absolute Gasteiger partial charge is 0.234 e. The van der Waals surface area contributed by atoms with Gasteiger partial charge in [0.05, 0.1) is 5.92 Å². The Morgan fingerprint density at radius 1 is 1.00 bits per heavy atom. The third kappa shape index (κ3) is 3.19. The number of nitrogens with zero attached hydrogens (tertiary/aromatic N) is 2. The Morgan fingerprint density at radius 3 is 2.19 bits per heavy atom. The molecule has 0 radical (unpaired) electrons. The van der Waals surface area contributed by atoms with Gasteiger partial charge < -0.3 is 10.2 Å². The van der Waals surface area contributed by atoms with Gasteiger partial charge in [-0.1, -0.05) is 0 Å². The highest BCUT2D eigenvalue weighted by atomic mass is 19.1. The van der Waals surface area contributed by atoms with Crippen molar-refractivity contribution in [3.63, 3.8) is 0 Å². The molecule has 0 spiro atoms.